The lowest BCUT2D eigenvalue weighted by Gasteiger charge is -2.15. The number of fused-ring (bicyclic) bond motifs is 1. The molecule has 3 aromatic rings. The Hall–Kier alpha value is -3.19. The molecule has 3 N–H and O–H groups in total. The van der Waals surface area contributed by atoms with E-state index in [2.05, 4.69) is 26.8 Å². The van der Waals surface area contributed by atoms with Gasteiger partial charge in [-0.2, -0.15) is 10.2 Å². The summed E-state index contributed by atoms with van der Waals surface area (Å²) in [5.74, 6) is 4.77. The number of nitriles is 1. The van der Waals surface area contributed by atoms with Crippen LogP contribution in [-0.4, -0.2) is 26.3 Å². The summed E-state index contributed by atoms with van der Waals surface area (Å²) in [5, 5.41) is 19.2. The summed E-state index contributed by atoms with van der Waals surface area (Å²) in [4.78, 5) is 4.55. The Morgan fingerprint density at radius 2 is 2.19 bits per heavy atom. The molecule has 0 saturated carbocycles. The highest BCUT2D eigenvalue weighted by Gasteiger charge is 2.27. The summed E-state index contributed by atoms with van der Waals surface area (Å²) in [6.07, 6.45) is 1.48. The first kappa shape index (κ1) is 21.1. The molecular weight excluding hydrogens is 414 g/mol. The molecule has 1 aliphatic rings. The van der Waals surface area contributed by atoms with Gasteiger partial charge in [0.1, 0.15) is 11.8 Å². The van der Waals surface area contributed by atoms with Crippen molar-refractivity contribution in [2.75, 3.05) is 0 Å². The van der Waals surface area contributed by atoms with Gasteiger partial charge in [-0.3, -0.25) is 0 Å². The van der Waals surface area contributed by atoms with Gasteiger partial charge in [0.05, 0.1) is 21.6 Å². The highest BCUT2D eigenvalue weighted by molar-refractivity contribution is 7.96. The molecule has 2 aromatic carbocycles. The molecular formula is C22H23N5O3S. The van der Waals surface area contributed by atoms with Gasteiger partial charge in [0.25, 0.3) is 5.89 Å². The van der Waals surface area contributed by atoms with Gasteiger partial charge in [0, 0.05) is 17.2 Å². The first-order chi connectivity index (χ1) is 14.7. The van der Waals surface area contributed by atoms with Crippen LogP contribution in [0.1, 0.15) is 43.0 Å². The number of nitrogens with two attached hydrogens (primary N) is 1. The third kappa shape index (κ3) is 4.46. The molecule has 0 saturated heterocycles. The molecule has 0 amide bonds. The van der Waals surface area contributed by atoms with E-state index in [1.165, 1.54) is 0 Å². The van der Waals surface area contributed by atoms with Crippen LogP contribution >= 0.6 is 0 Å². The Labute approximate surface area is 181 Å². The molecule has 0 radical (unpaired) electrons. The maximum atomic E-state index is 11.9. The van der Waals surface area contributed by atoms with E-state index in [4.69, 9.17) is 14.4 Å². The lowest BCUT2D eigenvalue weighted by atomic mass is 10.0. The monoisotopic (exact) mass is 437 g/mol. The van der Waals surface area contributed by atoms with E-state index < -0.39 is 9.89 Å². The Morgan fingerprint density at radius 1 is 1.39 bits per heavy atom. The van der Waals surface area contributed by atoms with Crippen LogP contribution in [0.4, 0.5) is 0 Å². The van der Waals surface area contributed by atoms with Crippen molar-refractivity contribution in [3.63, 3.8) is 0 Å². The van der Waals surface area contributed by atoms with Crippen molar-refractivity contribution >= 4 is 15.8 Å². The van der Waals surface area contributed by atoms with Gasteiger partial charge in [-0.1, -0.05) is 23.4 Å². The molecule has 1 aromatic heterocycles. The molecule has 2 atom stereocenters. The largest absolute Gasteiger partial charge is 0.490 e. The Bertz CT molecular complexity index is 1270. The van der Waals surface area contributed by atoms with Crippen molar-refractivity contribution in [2.24, 2.45) is 5.14 Å². The van der Waals surface area contributed by atoms with Crippen LogP contribution in [-0.2, 0) is 16.3 Å². The SMILES string of the molecule is C=S(N)(=O)N[C@@H]1CCc2c(-c3noc(-c4ccc(OC(C)C)c(C#N)c4)n3)cccc21. The zero-order valence-corrected chi connectivity index (χ0v) is 18.1. The lowest BCUT2D eigenvalue weighted by Crippen LogP contribution is -2.33. The van der Waals surface area contributed by atoms with Crippen LogP contribution in [0.3, 0.4) is 0 Å². The highest BCUT2D eigenvalue weighted by atomic mass is 32.2. The summed E-state index contributed by atoms with van der Waals surface area (Å²) < 4.78 is 25.9. The van der Waals surface area contributed by atoms with Gasteiger partial charge >= 0.3 is 0 Å². The van der Waals surface area contributed by atoms with Gasteiger partial charge in [-0.25, -0.2) is 14.1 Å². The third-order valence-corrected chi connectivity index (χ3v) is 5.67. The molecule has 31 heavy (non-hydrogen) atoms. The Kier molecular flexibility index (Phi) is 5.54. The van der Waals surface area contributed by atoms with E-state index in [9.17, 15) is 9.47 Å². The number of hydrogen-bond acceptors (Lipinski definition) is 6. The van der Waals surface area contributed by atoms with Crippen LogP contribution in [0, 0.1) is 11.3 Å². The van der Waals surface area contributed by atoms with Crippen LogP contribution in [0.15, 0.2) is 40.9 Å². The van der Waals surface area contributed by atoms with Gasteiger partial charge in [-0.15, -0.1) is 0 Å². The van der Waals surface area contributed by atoms with Crippen molar-refractivity contribution in [3.05, 3.63) is 53.1 Å². The van der Waals surface area contributed by atoms with Crippen molar-refractivity contribution in [3.8, 4) is 34.7 Å². The molecule has 0 aliphatic heterocycles. The fraction of sp³-hybridized carbons (Fsp3) is 0.273. The summed E-state index contributed by atoms with van der Waals surface area (Å²) >= 11 is 0. The smallest absolute Gasteiger partial charge is 0.258 e. The number of nitrogens with zero attached hydrogens (tertiary/aromatic N) is 3. The Morgan fingerprint density at radius 3 is 2.90 bits per heavy atom. The molecule has 160 valence electrons. The van der Waals surface area contributed by atoms with Crippen molar-refractivity contribution in [1.29, 1.82) is 5.26 Å². The van der Waals surface area contributed by atoms with E-state index in [-0.39, 0.29) is 12.1 Å². The van der Waals surface area contributed by atoms with Gasteiger partial charge in [0.15, 0.2) is 0 Å². The minimum Gasteiger partial charge on any atom is -0.490 e. The second-order valence-corrected chi connectivity index (χ2v) is 9.41. The molecule has 0 fully saturated rings. The van der Waals surface area contributed by atoms with E-state index in [1.807, 2.05) is 32.0 Å². The Balaban J connectivity index is 1.66. The van der Waals surface area contributed by atoms with Crippen LogP contribution in [0.25, 0.3) is 22.8 Å². The lowest BCUT2D eigenvalue weighted by molar-refractivity contribution is 0.241. The number of hydrogen-bond donors (Lipinski definition) is 2. The zero-order valence-electron chi connectivity index (χ0n) is 17.3. The predicted octanol–water partition coefficient (Wildman–Crippen LogP) is 3.14. The molecule has 0 bridgehead atoms. The number of nitrogens with one attached hydrogen (secondary N) is 1. The summed E-state index contributed by atoms with van der Waals surface area (Å²) in [6.45, 7) is 3.81. The number of rotatable bonds is 6. The average molecular weight is 438 g/mol. The minimum atomic E-state index is -2.81. The summed E-state index contributed by atoms with van der Waals surface area (Å²) in [5.41, 5.74) is 3.96. The van der Waals surface area contributed by atoms with Crippen LogP contribution in [0.2, 0.25) is 0 Å². The van der Waals surface area contributed by atoms with Crippen molar-refractivity contribution < 1.29 is 13.5 Å². The standard InChI is InChI=1S/C22H23N5O3S/c1-13(2)29-20-10-7-14(11-15(20)12-23)22-25-21(26-30-22)18-6-4-5-17-16(18)8-9-19(17)27-31(3,24)28/h4-7,10-11,13,19H,3,8-9H2,1-2H3,(H3,24,27,28)/t19-,31?/m1/s1. The minimum absolute atomic E-state index is 0.0393. The quantitative estimate of drug-likeness (QED) is 0.570. The number of aromatic nitrogens is 2. The molecule has 1 heterocycles. The maximum absolute atomic E-state index is 11.9. The fourth-order valence-electron chi connectivity index (χ4n) is 3.78. The summed E-state index contributed by atoms with van der Waals surface area (Å²) in [7, 11) is -2.81. The third-order valence-electron chi connectivity index (χ3n) is 4.99. The van der Waals surface area contributed by atoms with Crippen molar-refractivity contribution in [1.82, 2.24) is 14.9 Å². The maximum Gasteiger partial charge on any atom is 0.258 e. The van der Waals surface area contributed by atoms with E-state index in [0.717, 1.165) is 29.5 Å². The fourth-order valence-corrected chi connectivity index (χ4v) is 4.51. The van der Waals surface area contributed by atoms with E-state index in [0.29, 0.717) is 28.6 Å². The van der Waals surface area contributed by atoms with E-state index >= 15 is 0 Å². The molecule has 4 rings (SSSR count). The number of ether oxygens (including phenoxy) is 1. The first-order valence-corrected chi connectivity index (χ1v) is 11.6. The molecule has 9 heteroatoms. The second kappa shape index (κ2) is 8.15. The second-order valence-electron chi connectivity index (χ2n) is 7.72. The molecule has 1 aliphatic carbocycles. The van der Waals surface area contributed by atoms with Gasteiger partial charge < -0.3 is 9.26 Å². The van der Waals surface area contributed by atoms with Crippen LogP contribution < -0.4 is 14.6 Å². The molecule has 0 spiro atoms. The molecule has 1 unspecified atom stereocenters. The summed E-state index contributed by atoms with van der Waals surface area (Å²) in [6, 6.07) is 13.0. The average Bonchev–Trinajstić information content (AvgIpc) is 3.34. The van der Waals surface area contributed by atoms with Gasteiger partial charge in [-0.05, 0) is 61.9 Å². The predicted molar refractivity (Wildman–Crippen MR) is 119 cm³/mol. The zero-order chi connectivity index (χ0) is 22.2. The van der Waals surface area contributed by atoms with E-state index in [1.54, 1.807) is 18.2 Å². The first-order valence-electron chi connectivity index (χ1n) is 9.84. The van der Waals surface area contributed by atoms with Crippen molar-refractivity contribution in [2.45, 2.75) is 38.8 Å². The topological polar surface area (TPSA) is 127 Å². The van der Waals surface area contributed by atoms with Crippen LogP contribution in [0.5, 0.6) is 5.75 Å². The molecule has 8 nitrogen and oxygen atoms in total. The van der Waals surface area contributed by atoms with Gasteiger partial charge in [0.2, 0.25) is 5.82 Å². The normalized spacial score (nSPS) is 17.2. The number of benzene rings is 2. The highest BCUT2D eigenvalue weighted by Crippen LogP contribution is 2.37.